The fourth-order valence-electron chi connectivity index (χ4n) is 8.38. The zero-order chi connectivity index (χ0) is 34.2. The van der Waals surface area contributed by atoms with Gasteiger partial charge >= 0.3 is 6.92 Å². The number of aromatic nitrogens is 1. The average Bonchev–Trinajstić information content (AvgIpc) is 3.55. The fourth-order valence-corrected chi connectivity index (χ4v) is 8.38. The van der Waals surface area contributed by atoms with Gasteiger partial charge in [0.1, 0.15) is 17.2 Å². The summed E-state index contributed by atoms with van der Waals surface area (Å²) in [6, 6.07) is 64.7. The summed E-state index contributed by atoms with van der Waals surface area (Å²) < 4.78 is 16.1. The molecule has 1 aromatic heterocycles. The highest BCUT2D eigenvalue weighted by Crippen LogP contribution is 2.43. The third kappa shape index (κ3) is 4.34. The molecule has 0 unspecified atom stereocenters. The van der Waals surface area contributed by atoms with Crippen LogP contribution in [-0.4, -0.2) is 11.5 Å². The zero-order valence-corrected chi connectivity index (χ0v) is 28.2. The van der Waals surface area contributed by atoms with E-state index < -0.39 is 0 Å². The summed E-state index contributed by atoms with van der Waals surface area (Å²) in [4.78, 5) is 0. The van der Waals surface area contributed by atoms with Crippen molar-refractivity contribution in [1.29, 1.82) is 0 Å². The summed E-state index contributed by atoms with van der Waals surface area (Å²) >= 11 is 0. The van der Waals surface area contributed by atoms with Crippen LogP contribution in [0.3, 0.4) is 0 Å². The Morgan fingerprint density at radius 1 is 0.385 bits per heavy atom. The minimum Gasteiger partial charge on any atom is -0.551 e. The van der Waals surface area contributed by atoms with Crippen LogP contribution in [0.2, 0.25) is 0 Å². The molecule has 11 rings (SSSR count). The molecule has 52 heavy (non-hydrogen) atoms. The van der Waals surface area contributed by atoms with E-state index in [0.29, 0.717) is 0 Å². The Morgan fingerprint density at radius 2 is 1.00 bits per heavy atom. The number of hydrogen-bond donors (Lipinski definition) is 0. The SMILES string of the molecule is c1ccc(-c2ccccc2-c2ccc3c(c2)-c2cccc4c2B(O3)c2ccc(-c3ccccc3-n3c5ccccc5c5ccccc53)cc2O4)cc1. The Labute approximate surface area is 302 Å². The van der Waals surface area contributed by atoms with E-state index in [-0.39, 0.29) is 6.92 Å². The molecule has 0 N–H and O–H groups in total. The molecule has 3 nitrogen and oxygen atoms in total. The molecule has 2 aliphatic rings. The first-order valence-electron chi connectivity index (χ1n) is 17.8. The van der Waals surface area contributed by atoms with Crippen LogP contribution in [-0.2, 0) is 0 Å². The molecule has 3 heterocycles. The van der Waals surface area contributed by atoms with E-state index in [1.807, 2.05) is 0 Å². The molecule has 0 radical (unpaired) electrons. The molecule has 4 heteroatoms. The van der Waals surface area contributed by atoms with Gasteiger partial charge in [0.05, 0.1) is 16.7 Å². The molecule has 2 aliphatic heterocycles. The van der Waals surface area contributed by atoms with E-state index in [9.17, 15) is 0 Å². The van der Waals surface area contributed by atoms with E-state index in [1.165, 1.54) is 38.5 Å². The Balaban J connectivity index is 1.01. The van der Waals surface area contributed by atoms with Crippen LogP contribution < -0.4 is 20.3 Å². The van der Waals surface area contributed by atoms with E-state index >= 15 is 0 Å². The fraction of sp³-hybridized carbons (Fsp3) is 0. The molecule has 9 aromatic rings. The molecule has 0 atom stereocenters. The highest BCUT2D eigenvalue weighted by atomic mass is 16.5. The second kappa shape index (κ2) is 11.4. The normalized spacial score (nSPS) is 12.5. The van der Waals surface area contributed by atoms with Crippen molar-refractivity contribution >= 4 is 39.6 Å². The second-order valence-electron chi connectivity index (χ2n) is 13.6. The first-order chi connectivity index (χ1) is 25.8. The Hall–Kier alpha value is -6.78. The summed E-state index contributed by atoms with van der Waals surface area (Å²) in [7, 11) is 0. The van der Waals surface area contributed by atoms with Gasteiger partial charge in [-0.2, -0.15) is 0 Å². The maximum Gasteiger partial charge on any atom is 0.434 e. The number of ether oxygens (including phenoxy) is 1. The number of fused-ring (bicyclic) bond motifs is 7. The number of rotatable bonds is 4. The van der Waals surface area contributed by atoms with Gasteiger partial charge in [-0.1, -0.05) is 140 Å². The van der Waals surface area contributed by atoms with Gasteiger partial charge in [-0.3, -0.25) is 0 Å². The molecule has 0 saturated heterocycles. The largest absolute Gasteiger partial charge is 0.551 e. The van der Waals surface area contributed by atoms with Gasteiger partial charge in [0.15, 0.2) is 0 Å². The van der Waals surface area contributed by atoms with Crippen LogP contribution in [0.15, 0.2) is 182 Å². The van der Waals surface area contributed by atoms with Crippen molar-refractivity contribution in [2.75, 3.05) is 0 Å². The van der Waals surface area contributed by atoms with Crippen LogP contribution in [0.4, 0.5) is 0 Å². The predicted molar refractivity (Wildman–Crippen MR) is 215 cm³/mol. The van der Waals surface area contributed by atoms with Crippen LogP contribution in [0.25, 0.3) is 72.0 Å². The van der Waals surface area contributed by atoms with Crippen LogP contribution in [0.5, 0.6) is 17.2 Å². The van der Waals surface area contributed by atoms with Gasteiger partial charge in [0.2, 0.25) is 0 Å². The van der Waals surface area contributed by atoms with Crippen LogP contribution in [0, 0.1) is 0 Å². The van der Waals surface area contributed by atoms with Crippen molar-refractivity contribution in [1.82, 2.24) is 4.57 Å². The minimum absolute atomic E-state index is 0.272. The lowest BCUT2D eigenvalue weighted by Gasteiger charge is -2.33. The first kappa shape index (κ1) is 29.0. The summed E-state index contributed by atoms with van der Waals surface area (Å²) in [5, 5.41) is 2.49. The molecule has 8 aromatic carbocycles. The minimum atomic E-state index is -0.272. The standard InChI is InChI=1S/C48H30BNO2/c1-2-13-31(14-3-1)34-15-4-5-16-35(34)32-26-28-45-40(29-32)39-20-12-24-46-48(39)49(52-45)41-27-25-33(30-47(41)51-46)36-17-6-9-21-42(36)50-43-22-10-7-18-37(43)38-19-8-11-23-44(38)50/h1-30H. The molecular formula is C48H30BNO2. The molecule has 0 bridgehead atoms. The molecule has 0 aliphatic carbocycles. The molecular weight excluding hydrogens is 633 g/mol. The lowest BCUT2D eigenvalue weighted by molar-refractivity contribution is 0.479. The summed E-state index contributed by atoms with van der Waals surface area (Å²) in [5.41, 5.74) is 14.8. The molecule has 0 spiro atoms. The average molecular weight is 664 g/mol. The van der Waals surface area contributed by atoms with E-state index in [2.05, 4.69) is 187 Å². The third-order valence-corrected chi connectivity index (χ3v) is 10.7. The van der Waals surface area contributed by atoms with Gasteiger partial charge in [0, 0.05) is 32.8 Å². The second-order valence-corrected chi connectivity index (χ2v) is 13.6. The number of nitrogens with zero attached hydrogens (tertiary/aromatic N) is 1. The van der Waals surface area contributed by atoms with E-state index in [4.69, 9.17) is 9.39 Å². The smallest absolute Gasteiger partial charge is 0.434 e. The van der Waals surface area contributed by atoms with Gasteiger partial charge in [-0.15, -0.1) is 0 Å². The number of benzene rings is 8. The van der Waals surface area contributed by atoms with Gasteiger partial charge in [0.25, 0.3) is 0 Å². The van der Waals surface area contributed by atoms with Crippen molar-refractivity contribution in [2.45, 2.75) is 0 Å². The molecule has 242 valence electrons. The van der Waals surface area contributed by atoms with Gasteiger partial charge in [-0.25, -0.2) is 0 Å². The zero-order valence-electron chi connectivity index (χ0n) is 28.2. The summed E-state index contributed by atoms with van der Waals surface area (Å²) in [6.45, 7) is -0.272. The Kier molecular flexibility index (Phi) is 6.35. The van der Waals surface area contributed by atoms with Crippen LogP contribution >= 0.6 is 0 Å². The summed E-state index contributed by atoms with van der Waals surface area (Å²) in [6.07, 6.45) is 0. The lowest BCUT2D eigenvalue weighted by Crippen LogP contribution is -2.53. The van der Waals surface area contributed by atoms with Crippen LogP contribution in [0.1, 0.15) is 0 Å². The quantitative estimate of drug-likeness (QED) is 0.175. The first-order valence-corrected chi connectivity index (χ1v) is 17.8. The van der Waals surface area contributed by atoms with E-state index in [1.54, 1.807) is 0 Å². The molecule has 0 saturated carbocycles. The summed E-state index contributed by atoms with van der Waals surface area (Å²) in [5.74, 6) is 2.54. The molecule has 0 fully saturated rings. The molecule has 0 amide bonds. The Morgan fingerprint density at radius 3 is 1.79 bits per heavy atom. The monoisotopic (exact) mass is 663 g/mol. The highest BCUT2D eigenvalue weighted by Gasteiger charge is 2.40. The highest BCUT2D eigenvalue weighted by molar-refractivity contribution is 6.84. The number of hydrogen-bond acceptors (Lipinski definition) is 2. The van der Waals surface area contributed by atoms with Crippen molar-refractivity contribution in [2.24, 2.45) is 0 Å². The van der Waals surface area contributed by atoms with Gasteiger partial charge in [-0.05, 0) is 75.8 Å². The Bertz CT molecular complexity index is 2820. The maximum atomic E-state index is 6.91. The van der Waals surface area contributed by atoms with Crippen molar-refractivity contribution in [3.8, 4) is 67.4 Å². The van der Waals surface area contributed by atoms with Gasteiger partial charge < -0.3 is 14.0 Å². The lowest BCUT2D eigenvalue weighted by atomic mass is 9.50. The van der Waals surface area contributed by atoms with E-state index in [0.717, 1.165) is 61.7 Å². The van der Waals surface area contributed by atoms with Crippen molar-refractivity contribution in [3.05, 3.63) is 182 Å². The third-order valence-electron chi connectivity index (χ3n) is 10.7. The van der Waals surface area contributed by atoms with Crippen molar-refractivity contribution in [3.63, 3.8) is 0 Å². The topological polar surface area (TPSA) is 23.4 Å². The predicted octanol–water partition coefficient (Wildman–Crippen LogP) is 11.1. The maximum absolute atomic E-state index is 6.91. The number of para-hydroxylation sites is 3. The van der Waals surface area contributed by atoms with Crippen molar-refractivity contribution < 1.29 is 9.39 Å².